The molecule has 3 atom stereocenters. The molecule has 0 aromatic carbocycles. The summed E-state index contributed by atoms with van der Waals surface area (Å²) in [5.74, 6) is 1.96. The highest BCUT2D eigenvalue weighted by Crippen LogP contribution is 2.30. The Balaban J connectivity index is 1.79. The normalized spacial score (nSPS) is 36.8. The van der Waals surface area contributed by atoms with Crippen LogP contribution < -0.4 is 5.32 Å². The number of hydrogen-bond donors (Lipinski definition) is 1. The summed E-state index contributed by atoms with van der Waals surface area (Å²) in [7, 11) is 2.08. The maximum absolute atomic E-state index is 3.34. The zero-order valence-corrected chi connectivity index (χ0v) is 11.0. The molecule has 0 bridgehead atoms. The van der Waals surface area contributed by atoms with E-state index in [0.29, 0.717) is 0 Å². The molecule has 2 heteroatoms. The molecule has 2 fully saturated rings. The Morgan fingerprint density at radius 3 is 2.81 bits per heavy atom. The van der Waals surface area contributed by atoms with Gasteiger partial charge in [0, 0.05) is 19.1 Å². The maximum Gasteiger partial charge on any atom is 0.0221 e. The second-order valence-corrected chi connectivity index (χ2v) is 5.99. The fourth-order valence-electron chi connectivity index (χ4n) is 3.66. The molecule has 1 saturated heterocycles. The summed E-state index contributed by atoms with van der Waals surface area (Å²) in [5.41, 5.74) is 0. The van der Waals surface area contributed by atoms with Gasteiger partial charge in [0.25, 0.3) is 0 Å². The summed E-state index contributed by atoms with van der Waals surface area (Å²) in [5, 5.41) is 3.34. The van der Waals surface area contributed by atoms with Crippen LogP contribution in [-0.4, -0.2) is 37.6 Å². The lowest BCUT2D eigenvalue weighted by atomic mass is 9.82. The summed E-state index contributed by atoms with van der Waals surface area (Å²) >= 11 is 0. The number of nitrogens with one attached hydrogen (secondary N) is 1. The van der Waals surface area contributed by atoms with E-state index in [1.807, 2.05) is 0 Å². The van der Waals surface area contributed by atoms with Crippen molar-refractivity contribution < 1.29 is 0 Å². The minimum atomic E-state index is 0.822. The molecule has 1 saturated carbocycles. The van der Waals surface area contributed by atoms with Gasteiger partial charge in [-0.15, -0.1) is 0 Å². The second kappa shape index (κ2) is 6.02. The molecule has 0 radical (unpaired) electrons. The molecule has 1 N–H and O–H groups in total. The minimum absolute atomic E-state index is 0.822. The Morgan fingerprint density at radius 1 is 1.19 bits per heavy atom. The Hall–Kier alpha value is -0.0800. The maximum atomic E-state index is 3.34. The van der Waals surface area contributed by atoms with Crippen molar-refractivity contribution in [3.8, 4) is 0 Å². The van der Waals surface area contributed by atoms with Crippen molar-refractivity contribution in [1.82, 2.24) is 10.2 Å². The van der Waals surface area contributed by atoms with Crippen LogP contribution in [0.15, 0.2) is 0 Å². The van der Waals surface area contributed by atoms with Gasteiger partial charge in [0.15, 0.2) is 0 Å². The first-order valence-corrected chi connectivity index (χ1v) is 7.18. The van der Waals surface area contributed by atoms with Crippen LogP contribution in [0.3, 0.4) is 0 Å². The smallest absolute Gasteiger partial charge is 0.0221 e. The van der Waals surface area contributed by atoms with Crippen LogP contribution in [-0.2, 0) is 0 Å². The highest BCUT2D eigenvalue weighted by Gasteiger charge is 2.27. The van der Waals surface area contributed by atoms with Gasteiger partial charge in [0.05, 0.1) is 0 Å². The summed E-state index contributed by atoms with van der Waals surface area (Å²) < 4.78 is 0. The van der Waals surface area contributed by atoms with E-state index in [-0.39, 0.29) is 0 Å². The van der Waals surface area contributed by atoms with Crippen molar-refractivity contribution in [2.75, 3.05) is 26.7 Å². The van der Waals surface area contributed by atoms with Crippen molar-refractivity contribution in [2.24, 2.45) is 11.8 Å². The summed E-state index contributed by atoms with van der Waals surface area (Å²) in [6, 6.07) is 0.822. The first kappa shape index (κ1) is 12.4. The first-order valence-electron chi connectivity index (χ1n) is 7.18. The fourth-order valence-corrected chi connectivity index (χ4v) is 3.66. The second-order valence-electron chi connectivity index (χ2n) is 5.99. The van der Waals surface area contributed by atoms with Gasteiger partial charge in [-0.3, -0.25) is 4.90 Å². The van der Waals surface area contributed by atoms with Gasteiger partial charge in [-0.2, -0.15) is 0 Å². The predicted molar refractivity (Wildman–Crippen MR) is 69.6 cm³/mol. The predicted octanol–water partition coefficient (Wildman–Crippen LogP) is 2.50. The third-order valence-corrected chi connectivity index (χ3v) is 4.48. The van der Waals surface area contributed by atoms with Crippen molar-refractivity contribution >= 4 is 0 Å². The van der Waals surface area contributed by atoms with Crippen LogP contribution in [0.2, 0.25) is 0 Å². The van der Waals surface area contributed by atoms with Crippen molar-refractivity contribution in [2.45, 2.75) is 51.5 Å². The molecule has 0 spiro atoms. The summed E-state index contributed by atoms with van der Waals surface area (Å²) in [4.78, 5) is 2.75. The van der Waals surface area contributed by atoms with Gasteiger partial charge in [0.2, 0.25) is 0 Å². The number of rotatable bonds is 4. The number of likely N-dealkylation sites (tertiary alicyclic amines) is 1. The van der Waals surface area contributed by atoms with Crippen molar-refractivity contribution in [1.29, 1.82) is 0 Å². The third-order valence-electron chi connectivity index (χ3n) is 4.48. The van der Waals surface area contributed by atoms with Crippen molar-refractivity contribution in [3.63, 3.8) is 0 Å². The van der Waals surface area contributed by atoms with E-state index in [0.717, 1.165) is 17.9 Å². The van der Waals surface area contributed by atoms with Crippen LogP contribution >= 0.6 is 0 Å². The van der Waals surface area contributed by atoms with E-state index >= 15 is 0 Å². The van der Waals surface area contributed by atoms with E-state index in [1.165, 1.54) is 58.2 Å². The summed E-state index contributed by atoms with van der Waals surface area (Å²) in [6.45, 7) is 6.33. The standard InChI is InChI=1S/C14H28N2/c1-12-5-3-6-13(9-12)11-16-8-4-7-14(16)10-15-2/h12-15H,3-11H2,1-2H3. The van der Waals surface area contributed by atoms with Gasteiger partial charge in [-0.05, 0) is 51.1 Å². The molecule has 94 valence electrons. The monoisotopic (exact) mass is 224 g/mol. The van der Waals surface area contributed by atoms with Gasteiger partial charge < -0.3 is 5.32 Å². The van der Waals surface area contributed by atoms with Crippen LogP contribution in [0.25, 0.3) is 0 Å². The van der Waals surface area contributed by atoms with E-state index in [4.69, 9.17) is 0 Å². The molecule has 2 nitrogen and oxygen atoms in total. The Labute approximate surface area is 101 Å². The van der Waals surface area contributed by atoms with Crippen LogP contribution in [0.5, 0.6) is 0 Å². The van der Waals surface area contributed by atoms with Crippen LogP contribution in [0.4, 0.5) is 0 Å². The molecule has 0 aromatic heterocycles. The Bertz CT molecular complexity index is 205. The molecule has 1 aliphatic heterocycles. The molecule has 3 unspecified atom stereocenters. The van der Waals surface area contributed by atoms with E-state index < -0.39 is 0 Å². The number of nitrogens with zero attached hydrogens (tertiary/aromatic N) is 1. The molecule has 2 aliphatic rings. The fraction of sp³-hybridized carbons (Fsp3) is 1.00. The topological polar surface area (TPSA) is 15.3 Å². The Morgan fingerprint density at radius 2 is 2.06 bits per heavy atom. The molecule has 2 rings (SSSR count). The van der Waals surface area contributed by atoms with Crippen molar-refractivity contribution in [3.05, 3.63) is 0 Å². The Kier molecular flexibility index (Phi) is 4.66. The molecule has 1 heterocycles. The van der Waals surface area contributed by atoms with Crippen LogP contribution in [0.1, 0.15) is 45.4 Å². The minimum Gasteiger partial charge on any atom is -0.318 e. The van der Waals surface area contributed by atoms with Crippen LogP contribution in [0, 0.1) is 11.8 Å². The quantitative estimate of drug-likeness (QED) is 0.789. The van der Waals surface area contributed by atoms with E-state index in [9.17, 15) is 0 Å². The third kappa shape index (κ3) is 3.21. The van der Waals surface area contributed by atoms with E-state index in [1.54, 1.807) is 0 Å². The lowest BCUT2D eigenvalue weighted by molar-refractivity contribution is 0.168. The molecule has 1 aliphatic carbocycles. The van der Waals surface area contributed by atoms with E-state index in [2.05, 4.69) is 24.2 Å². The summed E-state index contributed by atoms with van der Waals surface area (Å²) in [6.07, 6.45) is 8.71. The zero-order valence-electron chi connectivity index (χ0n) is 11.0. The number of likely N-dealkylation sites (N-methyl/N-ethyl adjacent to an activating group) is 1. The highest BCUT2D eigenvalue weighted by atomic mass is 15.2. The first-order chi connectivity index (χ1) is 7.79. The largest absolute Gasteiger partial charge is 0.318 e. The molecule has 0 amide bonds. The molecule has 0 aromatic rings. The molecular weight excluding hydrogens is 196 g/mol. The zero-order chi connectivity index (χ0) is 11.4. The lowest BCUT2D eigenvalue weighted by Crippen LogP contribution is -2.40. The molecule has 16 heavy (non-hydrogen) atoms. The average molecular weight is 224 g/mol. The van der Waals surface area contributed by atoms with Gasteiger partial charge in [-0.1, -0.05) is 19.8 Å². The number of hydrogen-bond acceptors (Lipinski definition) is 2. The van der Waals surface area contributed by atoms with Gasteiger partial charge in [0.1, 0.15) is 0 Å². The van der Waals surface area contributed by atoms with Gasteiger partial charge >= 0.3 is 0 Å². The highest BCUT2D eigenvalue weighted by molar-refractivity contribution is 4.83. The van der Waals surface area contributed by atoms with Gasteiger partial charge in [-0.25, -0.2) is 0 Å². The average Bonchev–Trinajstić information content (AvgIpc) is 2.66. The lowest BCUT2D eigenvalue weighted by Gasteiger charge is -2.33. The SMILES string of the molecule is CNCC1CCCN1CC1CCCC(C)C1. The molecular formula is C14H28N2.